The molecule has 1 unspecified atom stereocenters. The molecule has 1 saturated carbocycles. The van der Waals surface area contributed by atoms with E-state index >= 15 is 0 Å². The molecular formula is C22H21F4N3O2. The van der Waals surface area contributed by atoms with Crippen molar-refractivity contribution in [3.05, 3.63) is 59.9 Å². The zero-order valence-electron chi connectivity index (χ0n) is 16.5. The summed E-state index contributed by atoms with van der Waals surface area (Å²) in [7, 11) is 0. The Hall–Kier alpha value is -2.94. The van der Waals surface area contributed by atoms with Crippen LogP contribution in [-0.4, -0.2) is 30.6 Å². The second-order valence-electron chi connectivity index (χ2n) is 7.89. The third-order valence-electron chi connectivity index (χ3n) is 5.96. The van der Waals surface area contributed by atoms with Crippen LogP contribution in [0.3, 0.4) is 0 Å². The van der Waals surface area contributed by atoms with E-state index in [0.29, 0.717) is 17.7 Å². The Morgan fingerprint density at radius 3 is 2.42 bits per heavy atom. The number of alkyl halides is 3. The fraction of sp³-hybridized carbons (Fsp3) is 0.364. The first kappa shape index (κ1) is 21.3. The van der Waals surface area contributed by atoms with Crippen LogP contribution >= 0.6 is 0 Å². The SMILES string of the molecule is O=C1CC(C(F)(F)F)N(C(=O)CNC2(c3ccc(F)cc3)CCC2)c2ccccc2N1. The maximum atomic E-state index is 13.8. The first-order valence-corrected chi connectivity index (χ1v) is 9.98. The minimum absolute atomic E-state index is 0.00640. The van der Waals surface area contributed by atoms with Crippen molar-refractivity contribution in [2.75, 3.05) is 16.8 Å². The lowest BCUT2D eigenvalue weighted by atomic mass is 9.72. The molecule has 0 radical (unpaired) electrons. The highest BCUT2D eigenvalue weighted by atomic mass is 19.4. The summed E-state index contributed by atoms with van der Waals surface area (Å²) >= 11 is 0. The smallest absolute Gasteiger partial charge is 0.324 e. The number of amides is 2. The van der Waals surface area contributed by atoms with Gasteiger partial charge in [-0.05, 0) is 49.1 Å². The van der Waals surface area contributed by atoms with Gasteiger partial charge in [0.1, 0.15) is 11.9 Å². The van der Waals surface area contributed by atoms with Gasteiger partial charge in [-0.15, -0.1) is 0 Å². The standard InChI is InChI=1S/C22H21F4N3O2/c23-15-8-6-14(7-9-15)21(10-3-11-21)27-13-20(31)29-17-5-2-1-4-16(17)28-19(30)12-18(29)22(24,25)26/h1-2,4-9,18,27H,3,10-13H2,(H,28,30). The summed E-state index contributed by atoms with van der Waals surface area (Å²) in [6, 6.07) is 9.55. The second kappa shape index (κ2) is 7.96. The molecule has 1 aliphatic heterocycles. The Morgan fingerprint density at radius 1 is 1.13 bits per heavy atom. The largest absolute Gasteiger partial charge is 0.409 e. The van der Waals surface area contributed by atoms with Crippen molar-refractivity contribution in [2.24, 2.45) is 0 Å². The van der Waals surface area contributed by atoms with E-state index in [0.717, 1.165) is 12.0 Å². The maximum absolute atomic E-state index is 13.8. The lowest BCUT2D eigenvalue weighted by molar-refractivity contribution is -0.157. The van der Waals surface area contributed by atoms with Crippen molar-refractivity contribution >= 4 is 23.2 Å². The van der Waals surface area contributed by atoms with Gasteiger partial charge in [-0.1, -0.05) is 24.3 Å². The first-order valence-electron chi connectivity index (χ1n) is 9.98. The Morgan fingerprint density at radius 2 is 1.81 bits per heavy atom. The van der Waals surface area contributed by atoms with Crippen LogP contribution in [0.15, 0.2) is 48.5 Å². The zero-order chi connectivity index (χ0) is 22.2. The summed E-state index contributed by atoms with van der Waals surface area (Å²) in [5.41, 5.74) is 0.362. The van der Waals surface area contributed by atoms with Crippen LogP contribution < -0.4 is 15.5 Å². The van der Waals surface area contributed by atoms with Crippen LogP contribution in [-0.2, 0) is 15.1 Å². The maximum Gasteiger partial charge on any atom is 0.409 e. The molecule has 0 saturated heterocycles. The fourth-order valence-corrected chi connectivity index (χ4v) is 4.19. The number of rotatable bonds is 4. The number of carbonyl (C=O) groups is 2. The minimum atomic E-state index is -4.78. The van der Waals surface area contributed by atoms with Gasteiger partial charge in [0, 0.05) is 5.54 Å². The van der Waals surface area contributed by atoms with Gasteiger partial charge < -0.3 is 5.32 Å². The van der Waals surface area contributed by atoms with Crippen molar-refractivity contribution in [3.63, 3.8) is 0 Å². The molecule has 2 aromatic rings. The number of hydrogen-bond donors (Lipinski definition) is 2. The summed E-state index contributed by atoms with van der Waals surface area (Å²) in [6.07, 6.45) is -3.41. The molecule has 2 aliphatic rings. The van der Waals surface area contributed by atoms with Crippen LogP contribution in [0.5, 0.6) is 0 Å². The van der Waals surface area contributed by atoms with Crippen molar-refractivity contribution < 1.29 is 27.2 Å². The number of nitrogens with zero attached hydrogens (tertiary/aromatic N) is 1. The lowest BCUT2D eigenvalue weighted by Crippen LogP contribution is -2.56. The molecule has 0 spiro atoms. The van der Waals surface area contributed by atoms with E-state index < -0.39 is 36.0 Å². The highest BCUT2D eigenvalue weighted by Crippen LogP contribution is 2.42. The summed E-state index contributed by atoms with van der Waals surface area (Å²) in [4.78, 5) is 25.8. The molecular weight excluding hydrogens is 414 g/mol. The van der Waals surface area contributed by atoms with Crippen LogP contribution in [0.2, 0.25) is 0 Å². The average molecular weight is 435 g/mol. The molecule has 2 N–H and O–H groups in total. The van der Waals surface area contributed by atoms with Gasteiger partial charge in [0.05, 0.1) is 24.3 Å². The number of halogens is 4. The fourth-order valence-electron chi connectivity index (χ4n) is 4.19. The summed E-state index contributed by atoms with van der Waals surface area (Å²) in [6.45, 7) is -0.355. The molecule has 1 atom stereocenters. The van der Waals surface area contributed by atoms with Gasteiger partial charge in [-0.3, -0.25) is 19.8 Å². The first-order chi connectivity index (χ1) is 14.7. The quantitative estimate of drug-likeness (QED) is 0.711. The molecule has 4 rings (SSSR count). The Kier molecular flexibility index (Phi) is 5.47. The molecule has 31 heavy (non-hydrogen) atoms. The lowest BCUT2D eigenvalue weighted by Gasteiger charge is -2.44. The van der Waals surface area contributed by atoms with Crippen molar-refractivity contribution in [1.29, 1.82) is 0 Å². The van der Waals surface area contributed by atoms with Gasteiger partial charge in [0.15, 0.2) is 0 Å². The normalized spacial score (nSPS) is 20.3. The molecule has 1 fully saturated rings. The number of nitrogens with one attached hydrogen (secondary N) is 2. The third kappa shape index (κ3) is 4.14. The average Bonchev–Trinajstić information content (AvgIpc) is 2.84. The van der Waals surface area contributed by atoms with E-state index in [-0.39, 0.29) is 23.7 Å². The highest BCUT2D eigenvalue weighted by Gasteiger charge is 2.49. The third-order valence-corrected chi connectivity index (χ3v) is 5.96. The van der Waals surface area contributed by atoms with E-state index in [2.05, 4.69) is 10.6 Å². The van der Waals surface area contributed by atoms with E-state index in [1.54, 1.807) is 18.2 Å². The minimum Gasteiger partial charge on any atom is -0.324 e. The van der Waals surface area contributed by atoms with Gasteiger partial charge in [0.25, 0.3) is 0 Å². The number of carbonyl (C=O) groups excluding carboxylic acids is 2. The van der Waals surface area contributed by atoms with Crippen molar-refractivity contribution in [2.45, 2.75) is 43.4 Å². The predicted molar refractivity (Wildman–Crippen MR) is 107 cm³/mol. The number of fused-ring (bicyclic) bond motifs is 1. The molecule has 1 heterocycles. The number of para-hydroxylation sites is 2. The molecule has 1 aliphatic carbocycles. The molecule has 0 aromatic heterocycles. The van der Waals surface area contributed by atoms with Gasteiger partial charge in [-0.25, -0.2) is 4.39 Å². The van der Waals surface area contributed by atoms with Crippen LogP contribution in [0.4, 0.5) is 28.9 Å². The van der Waals surface area contributed by atoms with E-state index in [1.807, 2.05) is 0 Å². The Bertz CT molecular complexity index is 987. The molecule has 9 heteroatoms. The Balaban J connectivity index is 1.62. The van der Waals surface area contributed by atoms with Crippen LogP contribution in [0, 0.1) is 5.82 Å². The van der Waals surface area contributed by atoms with Gasteiger partial charge in [-0.2, -0.15) is 13.2 Å². The predicted octanol–water partition coefficient (Wildman–Crippen LogP) is 4.10. The van der Waals surface area contributed by atoms with Crippen molar-refractivity contribution in [1.82, 2.24) is 5.32 Å². The molecule has 5 nitrogen and oxygen atoms in total. The van der Waals surface area contributed by atoms with Crippen LogP contribution in [0.25, 0.3) is 0 Å². The molecule has 2 amide bonds. The summed E-state index contributed by atoms with van der Waals surface area (Å²) < 4.78 is 54.8. The zero-order valence-corrected chi connectivity index (χ0v) is 16.5. The molecule has 0 bridgehead atoms. The second-order valence-corrected chi connectivity index (χ2v) is 7.89. The summed E-state index contributed by atoms with van der Waals surface area (Å²) in [5, 5.41) is 5.56. The highest BCUT2D eigenvalue weighted by molar-refractivity contribution is 6.05. The number of hydrogen-bond acceptors (Lipinski definition) is 3. The Labute approximate surface area is 176 Å². The molecule has 164 valence electrons. The monoisotopic (exact) mass is 435 g/mol. The van der Waals surface area contributed by atoms with Gasteiger partial charge >= 0.3 is 6.18 Å². The summed E-state index contributed by atoms with van der Waals surface area (Å²) in [5.74, 6) is -1.99. The van der Waals surface area contributed by atoms with Crippen molar-refractivity contribution in [3.8, 4) is 0 Å². The van der Waals surface area contributed by atoms with Crippen LogP contribution in [0.1, 0.15) is 31.2 Å². The topological polar surface area (TPSA) is 61.4 Å². The van der Waals surface area contributed by atoms with E-state index in [1.165, 1.54) is 30.3 Å². The number of benzene rings is 2. The van der Waals surface area contributed by atoms with E-state index in [9.17, 15) is 27.2 Å². The molecule has 2 aromatic carbocycles. The van der Waals surface area contributed by atoms with Gasteiger partial charge in [0.2, 0.25) is 11.8 Å². The number of anilines is 2. The van der Waals surface area contributed by atoms with E-state index in [4.69, 9.17) is 0 Å².